The number of nitrogens with one attached hydrogen (secondary N) is 1. The number of carbonyl (C=O) groups excluding carboxylic acids is 2. The Morgan fingerprint density at radius 3 is 2.62 bits per heavy atom. The fraction of sp³-hybridized carbons (Fsp3) is 0.500. The Kier molecular flexibility index (Phi) is 3.66. The summed E-state index contributed by atoms with van der Waals surface area (Å²) in [6.45, 7) is 2.15. The molecule has 1 heterocycles. The Morgan fingerprint density at radius 2 is 1.95 bits per heavy atom. The first kappa shape index (κ1) is 14.4. The third-order valence-electron chi connectivity index (χ3n) is 4.64. The molecule has 1 saturated carbocycles. The number of hydrogen-bond donors (Lipinski definition) is 1. The van der Waals surface area contributed by atoms with E-state index in [0.717, 1.165) is 31.2 Å². The van der Waals surface area contributed by atoms with E-state index < -0.39 is 11.6 Å². The monoisotopic (exact) mass is 306 g/mol. The molecule has 1 unspecified atom stereocenters. The van der Waals surface area contributed by atoms with Crippen LogP contribution in [0.25, 0.3) is 0 Å². The van der Waals surface area contributed by atoms with Gasteiger partial charge in [-0.15, -0.1) is 0 Å². The Morgan fingerprint density at radius 1 is 1.29 bits per heavy atom. The quantitative estimate of drug-likeness (QED) is 0.912. The topological polar surface area (TPSA) is 49.4 Å². The molecule has 1 aromatic rings. The van der Waals surface area contributed by atoms with E-state index in [1.807, 2.05) is 18.2 Å². The highest BCUT2D eigenvalue weighted by Gasteiger charge is 2.50. The van der Waals surface area contributed by atoms with E-state index in [-0.39, 0.29) is 11.8 Å². The first-order valence-corrected chi connectivity index (χ1v) is 7.78. The van der Waals surface area contributed by atoms with Gasteiger partial charge in [-0.05, 0) is 31.4 Å². The number of amides is 2. The zero-order chi connectivity index (χ0) is 15.0. The number of benzene rings is 1. The van der Waals surface area contributed by atoms with Crippen molar-refractivity contribution in [1.82, 2.24) is 10.2 Å². The van der Waals surface area contributed by atoms with Crippen LogP contribution in [0.3, 0.4) is 0 Å². The van der Waals surface area contributed by atoms with Crippen molar-refractivity contribution < 1.29 is 9.59 Å². The van der Waals surface area contributed by atoms with E-state index in [1.54, 1.807) is 17.9 Å². The van der Waals surface area contributed by atoms with Crippen molar-refractivity contribution in [2.24, 2.45) is 0 Å². The van der Waals surface area contributed by atoms with E-state index in [0.29, 0.717) is 11.6 Å². The standard InChI is InChI=1S/C16H19ClN2O2/c1-11-14(20)18-16(8-4-5-9-16)15(21)19(11)10-12-6-2-3-7-13(12)17/h2-3,6-7,11H,4-5,8-10H2,1H3,(H,18,20). The summed E-state index contributed by atoms with van der Waals surface area (Å²) in [5.41, 5.74) is 0.201. The summed E-state index contributed by atoms with van der Waals surface area (Å²) in [5.74, 6) is -0.0319. The number of rotatable bonds is 2. The minimum atomic E-state index is -0.676. The lowest BCUT2D eigenvalue weighted by molar-refractivity contribution is -0.154. The average molecular weight is 307 g/mol. The average Bonchev–Trinajstić information content (AvgIpc) is 2.93. The van der Waals surface area contributed by atoms with Gasteiger partial charge in [0.25, 0.3) is 0 Å². The molecule has 21 heavy (non-hydrogen) atoms. The van der Waals surface area contributed by atoms with E-state index in [1.165, 1.54) is 0 Å². The predicted octanol–water partition coefficient (Wildman–Crippen LogP) is 2.50. The van der Waals surface area contributed by atoms with Gasteiger partial charge in [0.1, 0.15) is 11.6 Å². The summed E-state index contributed by atoms with van der Waals surface area (Å²) in [6.07, 6.45) is 3.45. The van der Waals surface area contributed by atoms with E-state index in [9.17, 15) is 9.59 Å². The van der Waals surface area contributed by atoms with Gasteiger partial charge in [0.2, 0.25) is 11.8 Å². The van der Waals surface area contributed by atoms with Crippen LogP contribution in [-0.2, 0) is 16.1 Å². The molecule has 1 saturated heterocycles. The van der Waals surface area contributed by atoms with Gasteiger partial charge in [-0.25, -0.2) is 0 Å². The molecule has 1 atom stereocenters. The highest BCUT2D eigenvalue weighted by atomic mass is 35.5. The van der Waals surface area contributed by atoms with Gasteiger partial charge in [-0.3, -0.25) is 9.59 Å². The van der Waals surface area contributed by atoms with Crippen LogP contribution in [-0.4, -0.2) is 28.3 Å². The van der Waals surface area contributed by atoms with Crippen LogP contribution in [0.2, 0.25) is 5.02 Å². The second-order valence-electron chi connectivity index (χ2n) is 5.98. The third-order valence-corrected chi connectivity index (χ3v) is 5.00. The predicted molar refractivity (Wildman–Crippen MR) is 80.8 cm³/mol. The summed E-state index contributed by atoms with van der Waals surface area (Å²) in [6, 6.07) is 7.00. The van der Waals surface area contributed by atoms with Crippen molar-refractivity contribution >= 4 is 23.4 Å². The zero-order valence-electron chi connectivity index (χ0n) is 12.1. The Hall–Kier alpha value is -1.55. The van der Waals surface area contributed by atoms with Crippen molar-refractivity contribution in [1.29, 1.82) is 0 Å². The van der Waals surface area contributed by atoms with Crippen molar-refractivity contribution in [2.45, 2.75) is 50.7 Å². The summed E-state index contributed by atoms with van der Waals surface area (Å²) in [5, 5.41) is 3.59. The molecule has 1 aliphatic heterocycles. The van der Waals surface area contributed by atoms with Gasteiger partial charge >= 0.3 is 0 Å². The fourth-order valence-electron chi connectivity index (χ4n) is 3.32. The second kappa shape index (κ2) is 5.34. The zero-order valence-corrected chi connectivity index (χ0v) is 12.8. The fourth-order valence-corrected chi connectivity index (χ4v) is 3.52. The second-order valence-corrected chi connectivity index (χ2v) is 6.39. The minimum Gasteiger partial charge on any atom is -0.340 e. The molecule has 4 nitrogen and oxygen atoms in total. The molecule has 1 spiro atoms. The molecule has 3 rings (SSSR count). The van der Waals surface area contributed by atoms with Crippen LogP contribution in [0.15, 0.2) is 24.3 Å². The SMILES string of the molecule is CC1C(=O)NC2(CCCC2)C(=O)N1Cc1ccccc1Cl. The maximum absolute atomic E-state index is 12.9. The van der Waals surface area contributed by atoms with E-state index in [4.69, 9.17) is 11.6 Å². The van der Waals surface area contributed by atoms with Gasteiger partial charge < -0.3 is 10.2 Å². The lowest BCUT2D eigenvalue weighted by Gasteiger charge is -2.43. The molecular weight excluding hydrogens is 288 g/mol. The maximum Gasteiger partial charge on any atom is 0.249 e. The van der Waals surface area contributed by atoms with Gasteiger partial charge in [-0.2, -0.15) is 0 Å². The molecule has 0 bridgehead atoms. The van der Waals surface area contributed by atoms with Gasteiger partial charge in [0.05, 0.1) is 0 Å². The van der Waals surface area contributed by atoms with Crippen LogP contribution in [0.5, 0.6) is 0 Å². The van der Waals surface area contributed by atoms with E-state index >= 15 is 0 Å². The van der Waals surface area contributed by atoms with Crippen molar-refractivity contribution in [3.05, 3.63) is 34.9 Å². The van der Waals surface area contributed by atoms with Gasteiger partial charge in [0.15, 0.2) is 0 Å². The highest BCUT2D eigenvalue weighted by Crippen LogP contribution is 2.35. The number of carbonyl (C=O) groups is 2. The molecule has 2 fully saturated rings. The summed E-state index contributed by atoms with van der Waals surface area (Å²) in [4.78, 5) is 26.8. The minimum absolute atomic E-state index is 0.0343. The molecule has 2 aliphatic rings. The molecule has 5 heteroatoms. The first-order valence-electron chi connectivity index (χ1n) is 7.40. The van der Waals surface area contributed by atoms with Crippen molar-refractivity contribution in [3.8, 4) is 0 Å². The first-order chi connectivity index (χ1) is 10.0. The van der Waals surface area contributed by atoms with Crippen molar-refractivity contribution in [3.63, 3.8) is 0 Å². The van der Waals surface area contributed by atoms with Crippen LogP contribution in [0, 0.1) is 0 Å². The van der Waals surface area contributed by atoms with E-state index in [2.05, 4.69) is 5.32 Å². The molecule has 0 aromatic heterocycles. The number of nitrogens with zero attached hydrogens (tertiary/aromatic N) is 1. The Balaban J connectivity index is 1.90. The van der Waals surface area contributed by atoms with Crippen molar-refractivity contribution in [2.75, 3.05) is 0 Å². The molecule has 2 amide bonds. The summed E-state index contributed by atoms with van der Waals surface area (Å²) >= 11 is 6.19. The Labute approximate surface area is 129 Å². The third kappa shape index (κ3) is 2.42. The molecule has 1 aromatic carbocycles. The number of hydrogen-bond acceptors (Lipinski definition) is 2. The molecule has 1 N–H and O–H groups in total. The van der Waals surface area contributed by atoms with Crippen LogP contribution < -0.4 is 5.32 Å². The summed E-state index contributed by atoms with van der Waals surface area (Å²) in [7, 11) is 0. The number of halogens is 1. The van der Waals surface area contributed by atoms with Crippen LogP contribution in [0.1, 0.15) is 38.2 Å². The lowest BCUT2D eigenvalue weighted by Crippen LogP contribution is -2.68. The molecular formula is C16H19ClN2O2. The van der Waals surface area contributed by atoms with Crippen LogP contribution >= 0.6 is 11.6 Å². The largest absolute Gasteiger partial charge is 0.340 e. The lowest BCUT2D eigenvalue weighted by atomic mass is 9.90. The smallest absolute Gasteiger partial charge is 0.249 e. The van der Waals surface area contributed by atoms with Gasteiger partial charge in [0, 0.05) is 11.6 Å². The normalized spacial score (nSPS) is 24.5. The van der Waals surface area contributed by atoms with Gasteiger partial charge in [-0.1, -0.05) is 42.6 Å². The number of piperazine rings is 1. The van der Waals surface area contributed by atoms with Crippen LogP contribution in [0.4, 0.5) is 0 Å². The molecule has 112 valence electrons. The Bertz CT molecular complexity index is 581. The summed E-state index contributed by atoms with van der Waals surface area (Å²) < 4.78 is 0. The molecule has 0 radical (unpaired) electrons. The highest BCUT2D eigenvalue weighted by molar-refractivity contribution is 6.31. The maximum atomic E-state index is 12.9. The molecule has 1 aliphatic carbocycles.